The SMILES string of the molecule is CCC(NC(=O)NC1CC(N(CC)CC(=O)O)C1)c1cccc([N+](=O)[O-])c1. The Morgan fingerprint density at radius 1 is 1.37 bits per heavy atom. The van der Waals surface area contributed by atoms with Crippen LogP contribution in [0.4, 0.5) is 10.5 Å². The molecule has 3 N–H and O–H groups in total. The zero-order valence-electron chi connectivity index (χ0n) is 15.6. The molecule has 1 aromatic rings. The molecule has 1 aromatic carbocycles. The van der Waals surface area contributed by atoms with Gasteiger partial charge >= 0.3 is 12.0 Å². The molecule has 0 spiro atoms. The lowest BCUT2D eigenvalue weighted by atomic mass is 9.85. The Labute approximate surface area is 157 Å². The maximum Gasteiger partial charge on any atom is 0.317 e. The Bertz CT molecular complexity index is 690. The molecule has 0 radical (unpaired) electrons. The van der Waals surface area contributed by atoms with E-state index in [0.717, 1.165) is 0 Å². The van der Waals surface area contributed by atoms with Crippen molar-refractivity contribution in [3.05, 3.63) is 39.9 Å². The lowest BCUT2D eigenvalue weighted by Gasteiger charge is -2.42. The van der Waals surface area contributed by atoms with Crippen LogP contribution in [0.25, 0.3) is 0 Å². The van der Waals surface area contributed by atoms with Gasteiger partial charge in [0, 0.05) is 24.2 Å². The van der Waals surface area contributed by atoms with Gasteiger partial charge in [-0.3, -0.25) is 19.8 Å². The van der Waals surface area contributed by atoms with Crippen molar-refractivity contribution in [2.75, 3.05) is 13.1 Å². The van der Waals surface area contributed by atoms with E-state index in [2.05, 4.69) is 10.6 Å². The van der Waals surface area contributed by atoms with Crippen LogP contribution >= 0.6 is 0 Å². The first-order valence-electron chi connectivity index (χ1n) is 9.11. The number of carboxylic acids is 1. The lowest BCUT2D eigenvalue weighted by molar-refractivity contribution is -0.384. The number of nitrogens with one attached hydrogen (secondary N) is 2. The van der Waals surface area contributed by atoms with Crippen molar-refractivity contribution in [2.24, 2.45) is 0 Å². The molecule has 1 atom stereocenters. The predicted octanol–water partition coefficient (Wildman–Crippen LogP) is 2.28. The summed E-state index contributed by atoms with van der Waals surface area (Å²) in [5.74, 6) is -0.853. The highest BCUT2D eigenvalue weighted by atomic mass is 16.6. The molecular weight excluding hydrogens is 352 g/mol. The van der Waals surface area contributed by atoms with E-state index in [0.29, 0.717) is 31.4 Å². The smallest absolute Gasteiger partial charge is 0.317 e. The summed E-state index contributed by atoms with van der Waals surface area (Å²) in [5, 5.41) is 25.6. The Hall–Kier alpha value is -2.68. The first kappa shape index (κ1) is 20.6. The molecule has 0 aromatic heterocycles. The quantitative estimate of drug-likeness (QED) is 0.447. The predicted molar refractivity (Wildman–Crippen MR) is 99.5 cm³/mol. The van der Waals surface area contributed by atoms with Crippen LogP contribution in [0.1, 0.15) is 44.7 Å². The molecule has 0 saturated heterocycles. The summed E-state index contributed by atoms with van der Waals surface area (Å²) in [6.07, 6.45) is 2.02. The summed E-state index contributed by atoms with van der Waals surface area (Å²) < 4.78 is 0. The molecule has 2 rings (SSSR count). The number of likely N-dealkylation sites (N-methyl/N-ethyl adjacent to an activating group) is 1. The number of amides is 2. The fourth-order valence-electron chi connectivity index (χ4n) is 3.34. The van der Waals surface area contributed by atoms with Crippen molar-refractivity contribution < 1.29 is 19.6 Å². The van der Waals surface area contributed by atoms with Crippen molar-refractivity contribution in [1.82, 2.24) is 15.5 Å². The highest BCUT2D eigenvalue weighted by molar-refractivity contribution is 5.75. The number of hydrogen-bond acceptors (Lipinski definition) is 5. The standard InChI is InChI=1S/C18H26N4O5/c1-3-16(12-6-5-7-14(8-12)22(26)27)20-18(25)19-13-9-15(10-13)21(4-2)11-17(23)24/h5-8,13,15-16H,3-4,9-11H2,1-2H3,(H,23,24)(H2,19,20,25). The van der Waals surface area contributed by atoms with Gasteiger partial charge in [-0.05, 0) is 31.4 Å². The second kappa shape index (κ2) is 9.31. The van der Waals surface area contributed by atoms with Gasteiger partial charge in [0.15, 0.2) is 0 Å². The molecule has 0 aliphatic heterocycles. The molecule has 27 heavy (non-hydrogen) atoms. The van der Waals surface area contributed by atoms with Crippen LogP contribution in [0.2, 0.25) is 0 Å². The topological polar surface area (TPSA) is 125 Å². The number of carbonyl (C=O) groups is 2. The molecule has 1 aliphatic rings. The van der Waals surface area contributed by atoms with Crippen LogP contribution in [-0.4, -0.2) is 52.1 Å². The van der Waals surface area contributed by atoms with Crippen LogP contribution in [-0.2, 0) is 4.79 Å². The van der Waals surface area contributed by atoms with Crippen molar-refractivity contribution in [3.63, 3.8) is 0 Å². The molecule has 0 bridgehead atoms. The average Bonchev–Trinajstić information content (AvgIpc) is 2.60. The number of carboxylic acid groups (broad SMARTS) is 1. The Morgan fingerprint density at radius 3 is 2.63 bits per heavy atom. The third kappa shape index (κ3) is 5.65. The third-order valence-corrected chi connectivity index (χ3v) is 4.91. The van der Waals surface area contributed by atoms with E-state index in [1.165, 1.54) is 12.1 Å². The summed E-state index contributed by atoms with van der Waals surface area (Å²) in [6, 6.07) is 5.77. The highest BCUT2D eigenvalue weighted by Gasteiger charge is 2.34. The number of hydrogen-bond donors (Lipinski definition) is 3. The van der Waals surface area contributed by atoms with E-state index in [-0.39, 0.29) is 36.4 Å². The van der Waals surface area contributed by atoms with E-state index in [1.807, 2.05) is 18.7 Å². The summed E-state index contributed by atoms with van der Waals surface area (Å²) in [5.41, 5.74) is 0.681. The Kier molecular flexibility index (Phi) is 7.12. The number of nitro benzene ring substituents is 1. The van der Waals surface area contributed by atoms with Gasteiger partial charge in [-0.15, -0.1) is 0 Å². The van der Waals surface area contributed by atoms with Gasteiger partial charge in [0.05, 0.1) is 17.5 Å². The van der Waals surface area contributed by atoms with Gasteiger partial charge in [-0.2, -0.15) is 0 Å². The lowest BCUT2D eigenvalue weighted by Crippen LogP contribution is -2.56. The van der Waals surface area contributed by atoms with E-state index < -0.39 is 10.9 Å². The monoisotopic (exact) mass is 378 g/mol. The minimum Gasteiger partial charge on any atom is -0.480 e. The first-order chi connectivity index (χ1) is 12.8. The Morgan fingerprint density at radius 2 is 2.07 bits per heavy atom. The second-order valence-corrected chi connectivity index (χ2v) is 6.71. The summed E-state index contributed by atoms with van der Waals surface area (Å²) >= 11 is 0. The normalized spacial score (nSPS) is 19.8. The summed E-state index contributed by atoms with van der Waals surface area (Å²) in [4.78, 5) is 35.5. The van der Waals surface area contributed by atoms with E-state index in [4.69, 9.17) is 5.11 Å². The van der Waals surface area contributed by atoms with Gasteiger partial charge in [-0.25, -0.2) is 4.79 Å². The van der Waals surface area contributed by atoms with Gasteiger partial charge in [0.1, 0.15) is 0 Å². The minimum atomic E-state index is -0.853. The Balaban J connectivity index is 1.85. The minimum absolute atomic E-state index is 0.000426. The van der Waals surface area contributed by atoms with Crippen LogP contribution in [0.5, 0.6) is 0 Å². The zero-order valence-corrected chi connectivity index (χ0v) is 15.6. The largest absolute Gasteiger partial charge is 0.480 e. The average molecular weight is 378 g/mol. The number of aliphatic carboxylic acids is 1. The molecule has 148 valence electrons. The number of nitrogens with zero attached hydrogens (tertiary/aromatic N) is 2. The zero-order chi connectivity index (χ0) is 20.0. The molecule has 0 heterocycles. The van der Waals surface area contributed by atoms with Gasteiger partial charge in [-0.1, -0.05) is 26.0 Å². The van der Waals surface area contributed by atoms with Crippen LogP contribution in [0.15, 0.2) is 24.3 Å². The van der Waals surface area contributed by atoms with E-state index in [1.54, 1.807) is 12.1 Å². The maximum atomic E-state index is 12.3. The van der Waals surface area contributed by atoms with E-state index in [9.17, 15) is 19.7 Å². The van der Waals surface area contributed by atoms with Crippen LogP contribution < -0.4 is 10.6 Å². The summed E-state index contributed by atoms with van der Waals surface area (Å²) in [6.45, 7) is 4.47. The molecule has 9 heteroatoms. The fourth-order valence-corrected chi connectivity index (χ4v) is 3.34. The van der Waals surface area contributed by atoms with Crippen LogP contribution in [0.3, 0.4) is 0 Å². The van der Waals surface area contributed by atoms with Crippen molar-refractivity contribution in [2.45, 2.75) is 51.2 Å². The molecule has 1 unspecified atom stereocenters. The summed E-state index contributed by atoms with van der Waals surface area (Å²) in [7, 11) is 0. The molecule has 9 nitrogen and oxygen atoms in total. The number of rotatable bonds is 9. The molecule has 1 aliphatic carbocycles. The number of carbonyl (C=O) groups excluding carboxylic acids is 1. The number of benzene rings is 1. The van der Waals surface area contributed by atoms with Crippen molar-refractivity contribution in [1.29, 1.82) is 0 Å². The molecule has 1 saturated carbocycles. The highest BCUT2D eigenvalue weighted by Crippen LogP contribution is 2.26. The van der Waals surface area contributed by atoms with E-state index >= 15 is 0 Å². The molecule has 1 fully saturated rings. The number of urea groups is 1. The first-order valence-corrected chi connectivity index (χ1v) is 9.11. The molecule has 2 amide bonds. The third-order valence-electron chi connectivity index (χ3n) is 4.91. The maximum absolute atomic E-state index is 12.3. The van der Waals surface area contributed by atoms with Gasteiger partial charge in [0.25, 0.3) is 5.69 Å². The number of nitro groups is 1. The van der Waals surface area contributed by atoms with Crippen molar-refractivity contribution in [3.8, 4) is 0 Å². The second-order valence-electron chi connectivity index (χ2n) is 6.71. The fraction of sp³-hybridized carbons (Fsp3) is 0.556. The van der Waals surface area contributed by atoms with Crippen molar-refractivity contribution >= 4 is 17.7 Å². The van der Waals surface area contributed by atoms with Gasteiger partial charge < -0.3 is 15.7 Å². The molecular formula is C18H26N4O5. The van der Waals surface area contributed by atoms with Crippen LogP contribution in [0, 0.1) is 10.1 Å². The number of non-ortho nitro benzene ring substituents is 1. The van der Waals surface area contributed by atoms with Gasteiger partial charge in [0.2, 0.25) is 0 Å².